The number of methoxy groups -OCH3 is 2. The van der Waals surface area contributed by atoms with E-state index in [9.17, 15) is 54.3 Å². The molecule has 6 bridgehead atoms. The van der Waals surface area contributed by atoms with E-state index in [2.05, 4.69) is 62.1 Å². The number of aromatic nitrogens is 3. The van der Waals surface area contributed by atoms with E-state index in [1.54, 1.807) is 36.4 Å². The second kappa shape index (κ2) is 39.5. The second-order valence-corrected chi connectivity index (χ2v) is 35.6. The molecule has 20 nitrogen and oxygen atoms in total. The summed E-state index contributed by atoms with van der Waals surface area (Å²) < 4.78 is 154. The zero-order valence-corrected chi connectivity index (χ0v) is 75.5. The van der Waals surface area contributed by atoms with Gasteiger partial charge in [-0.3, -0.25) is 0 Å². The number of carbonyl (C=O) groups excluding carboxylic acids is 2. The topological polar surface area (TPSA) is 251 Å². The molecule has 7 aromatic carbocycles. The van der Waals surface area contributed by atoms with Crippen molar-refractivity contribution in [2.24, 2.45) is 17.8 Å². The third-order valence-corrected chi connectivity index (χ3v) is 26.2. The van der Waals surface area contributed by atoms with Crippen LogP contribution in [-0.4, -0.2) is 120 Å². The number of anilines is 2. The molecule has 0 spiro atoms. The molecule has 3 aliphatic heterocycles. The molecule has 3 saturated heterocycles. The number of hydrogen-bond acceptors (Lipinski definition) is 18. The van der Waals surface area contributed by atoms with Crippen LogP contribution in [0.4, 0.5) is 46.5 Å². The first-order valence-corrected chi connectivity index (χ1v) is 43.1. The van der Waals surface area contributed by atoms with Gasteiger partial charge in [0.05, 0.1) is 82.5 Å². The number of fused-ring (bicyclic) bond motifs is 6. The van der Waals surface area contributed by atoms with Crippen molar-refractivity contribution < 1.29 is 102 Å². The highest BCUT2D eigenvalue weighted by Crippen LogP contribution is 2.52. The quantitative estimate of drug-likeness (QED) is 0.0343. The van der Waals surface area contributed by atoms with Crippen LogP contribution in [0.2, 0.25) is 30.1 Å². The standard InChI is InChI=1S/C27H24Cl2F2N2O4.C26H22Cl2F2N2O4.C19H20Cl2N2O2.C8H5BrF2O2.C7H3BrF2O2.HI/c1-35-27(34)24-20(30)8-16(9-21(24)31)33-11-14-7-15(33)10-22(14)36-12-17-25(32-37-26(17)13-5-6-13)23-18(28)3-2-4-19(23)29;27-17-2-1-3-18(28)22(17)24-16(25(36-31-24)12-4-5-12)11-35-21-9-14-6-13(21)10-32(14)15-7-19(29)23(26(33)34)20(30)8-15;20-14-2-1-3-15(21)17(14)18-13(19(25-23-18)10-4-5-10)9-24-16-7-12-6-11(16)8-22-12;1-13-8(12)7-5(10)2-4(9)3-6(7)11;8-3-1-4(9)6(7(11)12)5(10)2-3;/h2-4,8-9,13-15,22H,5-7,10-12H2,1H3;1-3,7-8,12-14,21H,4-6,9-11H2,(H,33,34);1-3,10-12,16,22H,4-9H2;2-3H,1H3;1-2H,(H,11,12);1H/t14-,15-,22+;13-,14-,21+;11-,12-,16+;;;/m000.../s1. The van der Waals surface area contributed by atoms with Crippen molar-refractivity contribution in [2.75, 3.05) is 43.7 Å². The molecule has 19 rings (SSSR count). The van der Waals surface area contributed by atoms with Crippen LogP contribution in [0.1, 0.15) is 170 Å². The van der Waals surface area contributed by atoms with Crippen molar-refractivity contribution in [3.63, 3.8) is 0 Å². The summed E-state index contributed by atoms with van der Waals surface area (Å²) in [5.74, 6) is -8.65. The van der Waals surface area contributed by atoms with Gasteiger partial charge in [0.2, 0.25) is 0 Å². The highest BCUT2D eigenvalue weighted by molar-refractivity contribution is 14.0. The van der Waals surface area contributed by atoms with E-state index >= 15 is 0 Å². The highest BCUT2D eigenvalue weighted by atomic mass is 127. The monoisotopic (exact) mass is 2070 g/mol. The van der Waals surface area contributed by atoms with Crippen LogP contribution in [0.5, 0.6) is 0 Å². The van der Waals surface area contributed by atoms with Crippen LogP contribution in [0.15, 0.2) is 126 Å². The lowest BCUT2D eigenvalue weighted by Gasteiger charge is -2.33. The Kier molecular flexibility index (Phi) is 29.5. The molecule has 9 aliphatic rings. The van der Waals surface area contributed by atoms with Crippen LogP contribution in [0.25, 0.3) is 33.8 Å². The number of nitrogens with zero attached hydrogens (tertiary/aromatic N) is 5. The number of carbonyl (C=O) groups is 4. The summed E-state index contributed by atoms with van der Waals surface area (Å²) in [6.45, 7) is 3.38. The number of ether oxygens (including phenoxy) is 5. The number of halogens is 17. The van der Waals surface area contributed by atoms with Crippen molar-refractivity contribution in [1.29, 1.82) is 0 Å². The van der Waals surface area contributed by atoms with E-state index in [-0.39, 0.29) is 69.0 Å². The van der Waals surface area contributed by atoms with Crippen LogP contribution in [-0.2, 0) is 43.5 Å². The normalized spacial score (nSPS) is 21.1. The zero-order valence-electron chi connectivity index (χ0n) is 65.5. The summed E-state index contributed by atoms with van der Waals surface area (Å²) in [5, 5.41) is 37.0. The fourth-order valence-electron chi connectivity index (χ4n) is 17.1. The molecule has 6 saturated carbocycles. The smallest absolute Gasteiger partial charge is 0.343 e. The lowest BCUT2D eigenvalue weighted by molar-refractivity contribution is 0.00912. The second-order valence-electron chi connectivity index (χ2n) is 31.3. The van der Waals surface area contributed by atoms with Crippen molar-refractivity contribution in [2.45, 2.75) is 151 Å². The molecular weight excluding hydrogens is 2000 g/mol. The Morgan fingerprint density at radius 1 is 0.435 bits per heavy atom. The highest BCUT2D eigenvalue weighted by Gasteiger charge is 2.49. The maximum atomic E-state index is 14.5. The summed E-state index contributed by atoms with van der Waals surface area (Å²) >= 11 is 44.3. The molecule has 0 radical (unpaired) electrons. The Morgan fingerprint density at radius 2 is 0.726 bits per heavy atom. The number of hydrogen-bond donors (Lipinski definition) is 3. The number of carboxylic acids is 2. The molecule has 656 valence electrons. The van der Waals surface area contributed by atoms with E-state index in [1.807, 2.05) is 28.0 Å². The number of benzene rings is 7. The first kappa shape index (κ1) is 92.5. The van der Waals surface area contributed by atoms with E-state index in [0.29, 0.717) is 139 Å². The average molecular weight is 2080 g/mol. The molecular formula is C87H75Br2Cl6F8IN6O14. The van der Waals surface area contributed by atoms with Gasteiger partial charge < -0.3 is 62.6 Å². The molecule has 9 atom stereocenters. The minimum atomic E-state index is -1.62. The molecule has 10 aromatic rings. The Hall–Kier alpha value is -7.64. The molecule has 37 heteroatoms. The fourth-order valence-corrected chi connectivity index (χ4v) is 19.6. The van der Waals surface area contributed by atoms with Crippen LogP contribution in [0, 0.1) is 64.3 Å². The fraction of sp³-hybridized carbons (Fsp3) is 0.368. The first-order valence-electron chi connectivity index (χ1n) is 39.3. The van der Waals surface area contributed by atoms with Gasteiger partial charge in [-0.15, -0.1) is 24.0 Å². The number of carboxylic acid groups (broad SMARTS) is 2. The number of esters is 2. The molecule has 124 heavy (non-hydrogen) atoms. The van der Waals surface area contributed by atoms with Gasteiger partial charge in [-0.1, -0.05) is 135 Å². The Balaban J connectivity index is 0.000000134. The summed E-state index contributed by atoms with van der Waals surface area (Å²) in [5.41, 5.74) is 4.27. The van der Waals surface area contributed by atoms with Gasteiger partial charge in [0.1, 0.15) is 103 Å². The van der Waals surface area contributed by atoms with E-state index in [4.69, 9.17) is 108 Å². The zero-order chi connectivity index (χ0) is 87.3. The third-order valence-electron chi connectivity index (χ3n) is 23.4. The Labute approximate surface area is 768 Å². The molecule has 0 unspecified atom stereocenters. The number of piperidine rings is 3. The Bertz CT molecular complexity index is 5580. The largest absolute Gasteiger partial charge is 0.477 e. The van der Waals surface area contributed by atoms with Crippen molar-refractivity contribution in [1.82, 2.24) is 20.8 Å². The van der Waals surface area contributed by atoms with E-state index in [1.165, 1.54) is 18.6 Å². The Morgan fingerprint density at radius 3 is 0.984 bits per heavy atom. The maximum absolute atomic E-state index is 14.5. The summed E-state index contributed by atoms with van der Waals surface area (Å²) in [6, 6.07) is 25.3. The van der Waals surface area contributed by atoms with Gasteiger partial charge >= 0.3 is 23.9 Å². The van der Waals surface area contributed by atoms with Gasteiger partial charge in [-0.25, -0.2) is 54.3 Å². The SMILES string of the molecule is COC(=O)c1c(F)cc(Br)cc1F.COC(=O)c1c(F)cc(N2C[C@@H]3C[C@H]2C[C@H]3OCc2c(-c3c(Cl)cccc3Cl)noc2C2CC2)cc1F.Clc1cccc(Cl)c1-c1noc(C2CC2)c1CO[C@@H]1C[C@@H]2C[C@H]1CN2.I.O=C(O)c1c(F)cc(Br)cc1F.O=C(O)c1c(F)cc(N2C[C@@H]3C[C@H]2C[C@H]3OCc2c(-c3c(Cl)cccc3Cl)noc2C2CC2)cc1F. The van der Waals surface area contributed by atoms with Crippen LogP contribution < -0.4 is 15.1 Å². The van der Waals surface area contributed by atoms with Gasteiger partial charge in [-0.2, -0.15) is 0 Å². The van der Waals surface area contributed by atoms with E-state index in [0.717, 1.165) is 167 Å². The summed E-state index contributed by atoms with van der Waals surface area (Å²) in [6.07, 6.45) is 12.2. The van der Waals surface area contributed by atoms with Crippen LogP contribution >= 0.6 is 125 Å². The van der Waals surface area contributed by atoms with Gasteiger partial charge in [0.15, 0.2) is 0 Å². The summed E-state index contributed by atoms with van der Waals surface area (Å²) in [4.78, 5) is 47.8. The van der Waals surface area contributed by atoms with Crippen LogP contribution in [0.3, 0.4) is 0 Å². The lowest BCUT2D eigenvalue weighted by atomic mass is 10.0. The molecule has 6 heterocycles. The van der Waals surface area contributed by atoms with Gasteiger partial charge in [0, 0.05) is 121 Å². The predicted molar refractivity (Wildman–Crippen MR) is 463 cm³/mol. The molecule has 0 amide bonds. The first-order chi connectivity index (χ1) is 58.9. The number of rotatable bonds is 21. The van der Waals surface area contributed by atoms with Crippen molar-refractivity contribution in [3.05, 3.63) is 245 Å². The van der Waals surface area contributed by atoms with Crippen molar-refractivity contribution in [3.8, 4) is 33.8 Å². The average Bonchev–Trinajstić information content (AvgIpc) is 1.61. The van der Waals surface area contributed by atoms with Gasteiger partial charge in [-0.05, 0) is 168 Å². The molecule has 3 aromatic heterocycles. The van der Waals surface area contributed by atoms with Crippen molar-refractivity contribution >= 4 is 161 Å². The molecule has 3 N–H and O–H groups in total. The third kappa shape index (κ3) is 20.1. The number of aromatic carboxylic acids is 2. The maximum Gasteiger partial charge on any atom is 0.343 e. The minimum absolute atomic E-state index is 0. The summed E-state index contributed by atoms with van der Waals surface area (Å²) in [7, 11) is 2.15. The van der Waals surface area contributed by atoms with E-state index < -0.39 is 92.7 Å². The minimum Gasteiger partial charge on any atom is -0.477 e. The lowest BCUT2D eigenvalue weighted by Crippen LogP contribution is -2.38. The van der Waals surface area contributed by atoms with Gasteiger partial charge in [0.25, 0.3) is 0 Å². The predicted octanol–water partition coefficient (Wildman–Crippen LogP) is 23.8. The number of nitrogens with one attached hydrogen (secondary N) is 1. The molecule has 6 aliphatic carbocycles. The molecule has 9 fully saturated rings.